The van der Waals surface area contributed by atoms with Gasteiger partial charge in [0.1, 0.15) is 5.75 Å². The number of carbonyl (C=O) groups is 1. The molecule has 5 heteroatoms. The second kappa shape index (κ2) is 6.03. The fourth-order valence-electron chi connectivity index (χ4n) is 2.04. The molecule has 0 aliphatic carbocycles. The molecule has 3 rings (SSSR count). The van der Waals surface area contributed by atoms with E-state index in [1.807, 2.05) is 24.3 Å². The minimum atomic E-state index is -0.488. The Labute approximate surface area is 132 Å². The molecule has 0 N–H and O–H groups in total. The first-order valence-corrected chi connectivity index (χ1v) is 6.96. The molecule has 0 spiro atoms. The van der Waals surface area contributed by atoms with Gasteiger partial charge in [0.15, 0.2) is 5.70 Å². The van der Waals surface area contributed by atoms with Crippen LogP contribution in [-0.2, 0) is 9.53 Å². The lowest BCUT2D eigenvalue weighted by Crippen LogP contribution is -2.05. The third-order valence-electron chi connectivity index (χ3n) is 3.09. The van der Waals surface area contributed by atoms with Gasteiger partial charge in [-0.2, -0.15) is 0 Å². The van der Waals surface area contributed by atoms with Crippen LogP contribution in [0.1, 0.15) is 11.1 Å². The van der Waals surface area contributed by atoms with Crippen molar-refractivity contribution < 1.29 is 14.3 Å². The molecule has 0 radical (unpaired) electrons. The van der Waals surface area contributed by atoms with Crippen molar-refractivity contribution in [1.82, 2.24) is 0 Å². The van der Waals surface area contributed by atoms with Gasteiger partial charge in [0.25, 0.3) is 0 Å². The van der Waals surface area contributed by atoms with Crippen LogP contribution in [0.2, 0.25) is 5.02 Å². The minimum absolute atomic E-state index is 0.239. The molecule has 0 saturated heterocycles. The first-order chi connectivity index (χ1) is 10.7. The van der Waals surface area contributed by atoms with Gasteiger partial charge in [-0.05, 0) is 42.0 Å². The molecule has 0 atom stereocenters. The number of ether oxygens (including phenoxy) is 2. The van der Waals surface area contributed by atoms with Gasteiger partial charge in [0, 0.05) is 10.6 Å². The van der Waals surface area contributed by atoms with E-state index >= 15 is 0 Å². The van der Waals surface area contributed by atoms with Crippen LogP contribution in [0.3, 0.4) is 0 Å². The van der Waals surface area contributed by atoms with Crippen LogP contribution >= 0.6 is 11.6 Å². The zero-order chi connectivity index (χ0) is 15.5. The molecule has 2 aromatic rings. The maximum absolute atomic E-state index is 11.9. The van der Waals surface area contributed by atoms with Crippen LogP contribution in [0.15, 0.2) is 59.2 Å². The molecule has 0 saturated carbocycles. The first kappa shape index (κ1) is 14.4. The number of esters is 1. The number of rotatable bonds is 3. The minimum Gasteiger partial charge on any atom is -0.497 e. The number of hydrogen-bond donors (Lipinski definition) is 0. The number of nitrogens with zero attached hydrogens (tertiary/aromatic N) is 1. The van der Waals surface area contributed by atoms with Crippen molar-refractivity contribution in [3.05, 3.63) is 70.4 Å². The number of carbonyl (C=O) groups excluding carboxylic acids is 1. The summed E-state index contributed by atoms with van der Waals surface area (Å²) in [6.07, 6.45) is 1.66. The van der Waals surface area contributed by atoms with E-state index in [1.165, 1.54) is 0 Å². The first-order valence-electron chi connectivity index (χ1n) is 6.58. The van der Waals surface area contributed by atoms with E-state index in [1.54, 1.807) is 37.5 Å². The van der Waals surface area contributed by atoms with Gasteiger partial charge in [-0.3, -0.25) is 0 Å². The van der Waals surface area contributed by atoms with E-state index in [2.05, 4.69) is 4.99 Å². The molecule has 110 valence electrons. The van der Waals surface area contributed by atoms with Gasteiger partial charge >= 0.3 is 5.97 Å². The molecule has 1 aliphatic rings. The average Bonchev–Trinajstić information content (AvgIpc) is 2.89. The van der Waals surface area contributed by atoms with E-state index in [4.69, 9.17) is 21.1 Å². The molecule has 22 heavy (non-hydrogen) atoms. The van der Waals surface area contributed by atoms with Gasteiger partial charge in [-0.25, -0.2) is 9.79 Å². The molecule has 1 heterocycles. The summed E-state index contributed by atoms with van der Waals surface area (Å²) in [5.74, 6) is 0.471. The Bertz CT molecular complexity index is 796. The number of hydrogen-bond acceptors (Lipinski definition) is 4. The molecule has 2 aromatic carbocycles. The highest BCUT2D eigenvalue weighted by Gasteiger charge is 2.24. The molecule has 0 amide bonds. The number of aliphatic imine (C=N–C) groups is 1. The summed E-state index contributed by atoms with van der Waals surface area (Å²) < 4.78 is 10.4. The van der Waals surface area contributed by atoms with Gasteiger partial charge in [-0.1, -0.05) is 29.8 Å². The summed E-state index contributed by atoms with van der Waals surface area (Å²) in [5.41, 5.74) is 1.71. The van der Waals surface area contributed by atoms with Gasteiger partial charge in [0.05, 0.1) is 7.11 Å². The molecule has 0 bridgehead atoms. The summed E-state index contributed by atoms with van der Waals surface area (Å²) in [5, 5.41) is 0.557. The smallest absolute Gasteiger partial charge is 0.363 e. The van der Waals surface area contributed by atoms with Crippen LogP contribution in [0.4, 0.5) is 0 Å². The zero-order valence-electron chi connectivity index (χ0n) is 11.7. The van der Waals surface area contributed by atoms with Gasteiger partial charge < -0.3 is 9.47 Å². The summed E-state index contributed by atoms with van der Waals surface area (Å²) in [6, 6.07) is 14.3. The van der Waals surface area contributed by atoms with Crippen molar-refractivity contribution in [1.29, 1.82) is 0 Å². The fourth-order valence-corrected chi connectivity index (χ4v) is 2.23. The van der Waals surface area contributed by atoms with E-state index in [-0.39, 0.29) is 11.6 Å². The number of halogens is 1. The normalized spacial score (nSPS) is 15.6. The Morgan fingerprint density at radius 2 is 2.00 bits per heavy atom. The Balaban J connectivity index is 1.94. The van der Waals surface area contributed by atoms with Crippen molar-refractivity contribution in [2.45, 2.75) is 0 Å². The molecule has 0 fully saturated rings. The maximum Gasteiger partial charge on any atom is 0.363 e. The topological polar surface area (TPSA) is 47.9 Å². The van der Waals surface area contributed by atoms with Crippen LogP contribution in [0, 0.1) is 0 Å². The Kier molecular flexibility index (Phi) is 3.94. The molecule has 4 nitrogen and oxygen atoms in total. The summed E-state index contributed by atoms with van der Waals surface area (Å²) >= 11 is 5.94. The highest BCUT2D eigenvalue weighted by atomic mass is 35.5. The van der Waals surface area contributed by atoms with Gasteiger partial charge in [0.2, 0.25) is 5.90 Å². The molecule has 1 aliphatic heterocycles. The molecule has 0 aromatic heterocycles. The molecular formula is C17H12ClNO3. The predicted molar refractivity (Wildman–Crippen MR) is 85.1 cm³/mol. The average molecular weight is 314 g/mol. The second-order valence-electron chi connectivity index (χ2n) is 4.62. The third kappa shape index (κ3) is 3.02. The predicted octanol–water partition coefficient (Wildman–Crippen LogP) is 3.69. The number of cyclic esters (lactones) is 1. The van der Waals surface area contributed by atoms with E-state index < -0.39 is 5.97 Å². The lowest BCUT2D eigenvalue weighted by Gasteiger charge is -2.00. The van der Waals surface area contributed by atoms with Crippen molar-refractivity contribution in [3.63, 3.8) is 0 Å². The van der Waals surface area contributed by atoms with E-state index in [0.717, 1.165) is 5.56 Å². The van der Waals surface area contributed by atoms with Crippen molar-refractivity contribution in [2.75, 3.05) is 7.11 Å². The quantitative estimate of drug-likeness (QED) is 0.641. The van der Waals surface area contributed by atoms with Crippen LogP contribution in [0.25, 0.3) is 6.08 Å². The molecular weight excluding hydrogens is 302 g/mol. The van der Waals surface area contributed by atoms with Crippen LogP contribution in [0.5, 0.6) is 5.75 Å². The largest absolute Gasteiger partial charge is 0.497 e. The third-order valence-corrected chi connectivity index (χ3v) is 3.32. The lowest BCUT2D eigenvalue weighted by molar-refractivity contribution is -0.129. The van der Waals surface area contributed by atoms with Gasteiger partial charge in [-0.15, -0.1) is 0 Å². The highest BCUT2D eigenvalue weighted by Crippen LogP contribution is 2.22. The SMILES string of the molecule is COc1cccc(C=C2N=C(c3cccc(Cl)c3)OC2=O)c1. The number of methoxy groups -OCH3 is 1. The van der Waals surface area contributed by atoms with Crippen LogP contribution < -0.4 is 4.74 Å². The Morgan fingerprint density at radius 1 is 1.18 bits per heavy atom. The molecule has 0 unspecified atom stereocenters. The standard InChI is InChI=1S/C17H12ClNO3/c1-21-14-7-2-4-11(8-14)9-15-17(20)22-16(19-15)12-5-3-6-13(18)10-12/h2-10H,1H3. The second-order valence-corrected chi connectivity index (χ2v) is 5.06. The van der Waals surface area contributed by atoms with Crippen molar-refractivity contribution in [2.24, 2.45) is 4.99 Å². The summed E-state index contributed by atoms with van der Waals surface area (Å²) in [7, 11) is 1.59. The monoisotopic (exact) mass is 313 g/mol. The van der Waals surface area contributed by atoms with E-state index in [9.17, 15) is 4.79 Å². The highest BCUT2D eigenvalue weighted by molar-refractivity contribution is 6.31. The Morgan fingerprint density at radius 3 is 2.77 bits per heavy atom. The maximum atomic E-state index is 11.9. The van der Waals surface area contributed by atoms with Crippen molar-refractivity contribution >= 4 is 29.5 Å². The van der Waals surface area contributed by atoms with Crippen LogP contribution in [-0.4, -0.2) is 19.0 Å². The summed E-state index contributed by atoms with van der Waals surface area (Å²) in [4.78, 5) is 16.2. The number of benzene rings is 2. The summed E-state index contributed by atoms with van der Waals surface area (Å²) in [6.45, 7) is 0. The fraction of sp³-hybridized carbons (Fsp3) is 0.0588. The zero-order valence-corrected chi connectivity index (χ0v) is 12.5. The Hall–Kier alpha value is -2.59. The van der Waals surface area contributed by atoms with E-state index in [0.29, 0.717) is 16.3 Å². The van der Waals surface area contributed by atoms with Crippen molar-refractivity contribution in [3.8, 4) is 5.75 Å². The lowest BCUT2D eigenvalue weighted by atomic mass is 10.2.